The third-order valence-corrected chi connectivity index (χ3v) is 15.1. The summed E-state index contributed by atoms with van der Waals surface area (Å²) in [6.07, 6.45) is 0. The molecule has 0 saturated carbocycles. The monoisotopic (exact) mass is 750 g/mol. The molecule has 2 nitrogen and oxygen atoms in total. The number of hydrogen-bond donors (Lipinski definition) is 0. The standard InChI is InChI=1S/C46H34Cl2O2P2/c1-49-39-27-23-35-37(45(39)47)25-29-41(51(31-15-7-3-8-16-31)32-17-9-4-10-18-32)43(35)44-36-24-28-40(50-2)46(48)38(36)26-30-42(44)52(33-19-11-5-12-20-33)34-21-13-6-14-22-34/h3-30H,1-2H3. The van der Waals surface area contributed by atoms with Gasteiger partial charge in [0.1, 0.15) is 11.5 Å². The molecule has 8 rings (SSSR count). The van der Waals surface area contributed by atoms with Crippen LogP contribution in [0.1, 0.15) is 0 Å². The van der Waals surface area contributed by atoms with Crippen LogP contribution in [0.3, 0.4) is 0 Å². The third-order valence-electron chi connectivity index (χ3n) is 9.38. The molecule has 0 amide bonds. The van der Waals surface area contributed by atoms with Gasteiger partial charge in [-0.25, -0.2) is 0 Å². The van der Waals surface area contributed by atoms with Gasteiger partial charge in [0.2, 0.25) is 0 Å². The Hall–Kier alpha value is -4.68. The van der Waals surface area contributed by atoms with Gasteiger partial charge in [0, 0.05) is 10.8 Å². The first kappa shape index (κ1) is 34.4. The Morgan fingerprint density at radius 1 is 0.346 bits per heavy atom. The van der Waals surface area contributed by atoms with Crippen molar-refractivity contribution in [3.8, 4) is 22.6 Å². The highest BCUT2D eigenvalue weighted by Crippen LogP contribution is 2.48. The van der Waals surface area contributed by atoms with Crippen LogP contribution in [-0.2, 0) is 0 Å². The molecule has 6 heteroatoms. The van der Waals surface area contributed by atoms with Crippen molar-refractivity contribution in [2.75, 3.05) is 14.2 Å². The Labute approximate surface area is 317 Å². The number of rotatable bonds is 9. The molecule has 254 valence electrons. The average molecular weight is 752 g/mol. The van der Waals surface area contributed by atoms with Gasteiger partial charge in [-0.15, -0.1) is 0 Å². The lowest BCUT2D eigenvalue weighted by atomic mass is 9.93. The van der Waals surface area contributed by atoms with Crippen molar-refractivity contribution < 1.29 is 9.47 Å². The van der Waals surface area contributed by atoms with Crippen molar-refractivity contribution in [2.24, 2.45) is 0 Å². The molecule has 8 aromatic rings. The molecule has 0 saturated heterocycles. The minimum atomic E-state index is -1.02. The van der Waals surface area contributed by atoms with E-state index in [-0.39, 0.29) is 0 Å². The van der Waals surface area contributed by atoms with Crippen molar-refractivity contribution in [3.05, 3.63) is 180 Å². The quantitative estimate of drug-likeness (QED) is 0.137. The fraction of sp³-hybridized carbons (Fsp3) is 0.0435. The maximum atomic E-state index is 7.19. The molecule has 0 spiro atoms. The second-order valence-corrected chi connectivity index (χ2v) is 17.4. The van der Waals surface area contributed by atoms with E-state index in [0.29, 0.717) is 21.5 Å². The summed E-state index contributed by atoms with van der Waals surface area (Å²) in [5.41, 5.74) is 2.28. The largest absolute Gasteiger partial charge is 0.495 e. The van der Waals surface area contributed by atoms with E-state index in [1.165, 1.54) is 31.8 Å². The number of fused-ring (bicyclic) bond motifs is 2. The Bertz CT molecular complexity index is 2250. The summed E-state index contributed by atoms with van der Waals surface area (Å²) in [6, 6.07) is 60.6. The fourth-order valence-corrected chi connectivity index (χ4v) is 12.6. The van der Waals surface area contributed by atoms with Gasteiger partial charge in [-0.05, 0) is 93.8 Å². The summed E-state index contributed by atoms with van der Waals surface area (Å²) in [6.45, 7) is 0. The van der Waals surface area contributed by atoms with Crippen molar-refractivity contribution >= 4 is 92.4 Å². The van der Waals surface area contributed by atoms with Gasteiger partial charge in [0.15, 0.2) is 0 Å². The highest BCUT2D eigenvalue weighted by Gasteiger charge is 2.29. The lowest BCUT2D eigenvalue weighted by Crippen LogP contribution is -2.26. The molecular weight excluding hydrogens is 717 g/mol. The number of benzene rings is 8. The first-order valence-corrected chi connectivity index (χ1v) is 20.4. The second-order valence-electron chi connectivity index (χ2n) is 12.3. The molecule has 0 fully saturated rings. The highest BCUT2D eigenvalue weighted by molar-refractivity contribution is 7.80. The van der Waals surface area contributed by atoms with Crippen LogP contribution in [0.25, 0.3) is 32.7 Å². The number of hydrogen-bond acceptors (Lipinski definition) is 2. The van der Waals surface area contributed by atoms with Crippen molar-refractivity contribution in [1.29, 1.82) is 0 Å². The van der Waals surface area contributed by atoms with Gasteiger partial charge in [0.25, 0.3) is 0 Å². The molecule has 0 aliphatic heterocycles. The predicted molar refractivity (Wildman–Crippen MR) is 227 cm³/mol. The molecule has 52 heavy (non-hydrogen) atoms. The Balaban J connectivity index is 1.58. The van der Waals surface area contributed by atoms with E-state index in [1.807, 2.05) is 12.1 Å². The highest BCUT2D eigenvalue weighted by atomic mass is 35.5. The summed E-state index contributed by atoms with van der Waals surface area (Å²) in [7, 11) is 1.28. The zero-order chi connectivity index (χ0) is 35.6. The third kappa shape index (κ3) is 6.25. The maximum absolute atomic E-state index is 7.19. The molecule has 0 aliphatic carbocycles. The molecule has 0 N–H and O–H groups in total. The van der Waals surface area contributed by atoms with E-state index in [9.17, 15) is 0 Å². The zero-order valence-electron chi connectivity index (χ0n) is 28.6. The lowest BCUT2D eigenvalue weighted by molar-refractivity contribution is 0.415. The Morgan fingerprint density at radius 3 is 0.923 bits per heavy atom. The van der Waals surface area contributed by atoms with E-state index in [0.717, 1.165) is 32.7 Å². The minimum Gasteiger partial charge on any atom is -0.495 e. The lowest BCUT2D eigenvalue weighted by Gasteiger charge is -2.29. The SMILES string of the molecule is COc1ccc2c(-c3c(P(c4ccccc4)c4ccccc4)ccc4c(Cl)c(OC)ccc34)c(P(c3ccccc3)c3ccccc3)ccc2c1Cl. The summed E-state index contributed by atoms with van der Waals surface area (Å²) in [5, 5.41) is 12.7. The van der Waals surface area contributed by atoms with Crippen LogP contribution in [0.2, 0.25) is 10.0 Å². The first-order chi connectivity index (χ1) is 25.6. The summed E-state index contributed by atoms with van der Waals surface area (Å²) >= 11 is 14.4. The van der Waals surface area contributed by atoms with Gasteiger partial charge < -0.3 is 9.47 Å². The summed E-state index contributed by atoms with van der Waals surface area (Å²) < 4.78 is 11.5. The molecule has 8 aromatic carbocycles. The first-order valence-electron chi connectivity index (χ1n) is 17.0. The van der Waals surface area contributed by atoms with Crippen molar-refractivity contribution in [1.82, 2.24) is 0 Å². The van der Waals surface area contributed by atoms with Crippen LogP contribution in [-0.4, -0.2) is 14.2 Å². The molecule has 0 radical (unpaired) electrons. The summed E-state index contributed by atoms with van der Waals surface area (Å²) in [4.78, 5) is 0. The Morgan fingerprint density at radius 2 is 0.635 bits per heavy atom. The number of ether oxygens (including phenoxy) is 2. The molecule has 0 aromatic heterocycles. The van der Waals surface area contributed by atoms with Gasteiger partial charge in [-0.2, -0.15) is 0 Å². The van der Waals surface area contributed by atoms with Crippen LogP contribution in [0, 0.1) is 0 Å². The van der Waals surface area contributed by atoms with Gasteiger partial charge in [-0.3, -0.25) is 0 Å². The van der Waals surface area contributed by atoms with Crippen LogP contribution in [0.15, 0.2) is 170 Å². The van der Waals surface area contributed by atoms with E-state index in [4.69, 9.17) is 32.7 Å². The normalized spacial score (nSPS) is 11.4. The smallest absolute Gasteiger partial charge is 0.138 e. The average Bonchev–Trinajstić information content (AvgIpc) is 3.20. The second kappa shape index (κ2) is 15.1. The van der Waals surface area contributed by atoms with Gasteiger partial charge in [-0.1, -0.05) is 169 Å². The van der Waals surface area contributed by atoms with Crippen LogP contribution in [0.4, 0.5) is 0 Å². The maximum Gasteiger partial charge on any atom is 0.138 e. The van der Waals surface area contributed by atoms with Crippen molar-refractivity contribution in [3.63, 3.8) is 0 Å². The van der Waals surface area contributed by atoms with Gasteiger partial charge in [0.05, 0.1) is 24.3 Å². The van der Waals surface area contributed by atoms with E-state index in [1.54, 1.807) is 14.2 Å². The van der Waals surface area contributed by atoms with Crippen LogP contribution < -0.4 is 41.3 Å². The zero-order valence-corrected chi connectivity index (χ0v) is 31.9. The van der Waals surface area contributed by atoms with Crippen molar-refractivity contribution in [2.45, 2.75) is 0 Å². The molecule has 0 heterocycles. The number of halogens is 2. The van der Waals surface area contributed by atoms with Gasteiger partial charge >= 0.3 is 0 Å². The Kier molecular flexibility index (Phi) is 10.0. The van der Waals surface area contributed by atoms with E-state index in [2.05, 4.69) is 158 Å². The molecule has 0 unspecified atom stereocenters. The fourth-order valence-electron chi connectivity index (χ4n) is 7.05. The molecular formula is C46H34Cl2O2P2. The van der Waals surface area contributed by atoms with E-state index < -0.39 is 15.8 Å². The predicted octanol–water partition coefficient (Wildman–Crippen LogP) is 10.5. The van der Waals surface area contributed by atoms with E-state index >= 15 is 0 Å². The van der Waals surface area contributed by atoms with Crippen LogP contribution >= 0.6 is 39.0 Å². The van der Waals surface area contributed by atoms with Crippen LogP contribution in [0.5, 0.6) is 11.5 Å². The number of methoxy groups -OCH3 is 2. The summed E-state index contributed by atoms with van der Waals surface area (Å²) in [5.74, 6) is 1.28. The minimum absolute atomic E-state index is 0.589. The molecule has 0 bridgehead atoms. The topological polar surface area (TPSA) is 18.5 Å². The molecule has 0 atom stereocenters. The molecule has 0 aliphatic rings.